The van der Waals surface area contributed by atoms with E-state index in [2.05, 4.69) is 11.2 Å². The Morgan fingerprint density at radius 2 is 2.38 bits per heavy atom. The number of rotatable bonds is 1. The number of hydrazone groups is 1. The minimum absolute atomic E-state index is 0.127. The summed E-state index contributed by atoms with van der Waals surface area (Å²) in [6.45, 7) is 1.61. The van der Waals surface area contributed by atoms with Gasteiger partial charge in [-0.05, 0) is 6.92 Å². The van der Waals surface area contributed by atoms with E-state index in [1.165, 1.54) is 0 Å². The summed E-state index contributed by atoms with van der Waals surface area (Å²) in [6.07, 6.45) is 7.78. The van der Waals surface area contributed by atoms with Crippen molar-refractivity contribution in [3.05, 3.63) is 23.8 Å². The molecule has 13 heavy (non-hydrogen) atoms. The highest BCUT2D eigenvalue weighted by atomic mass is 16.1. The molecule has 1 aliphatic heterocycles. The zero-order chi connectivity index (χ0) is 9.42. The van der Waals surface area contributed by atoms with Crippen LogP contribution >= 0.6 is 0 Å². The number of Topliss-reactive ketones (excluding diaryl/α,β-unsaturated/α-hetero) is 1. The zero-order valence-corrected chi connectivity index (χ0v) is 7.77. The summed E-state index contributed by atoms with van der Waals surface area (Å²) in [6, 6.07) is 0.127. The molecule has 0 radical (unpaired) electrons. The van der Waals surface area contributed by atoms with E-state index in [1.807, 2.05) is 30.4 Å². The molecule has 3 heteroatoms. The number of hydrogen-bond acceptors (Lipinski definition) is 3. The van der Waals surface area contributed by atoms with E-state index in [9.17, 15) is 4.79 Å². The summed E-state index contributed by atoms with van der Waals surface area (Å²) < 4.78 is 0. The predicted octanol–water partition coefficient (Wildman–Crippen LogP) is 0.988. The average Bonchev–Trinajstić information content (AvgIpc) is 2.48. The van der Waals surface area contributed by atoms with Crippen LogP contribution in [0.2, 0.25) is 0 Å². The van der Waals surface area contributed by atoms with Crippen LogP contribution in [-0.2, 0) is 4.79 Å². The maximum absolute atomic E-state index is 11.3. The Hall–Kier alpha value is -1.38. The summed E-state index contributed by atoms with van der Waals surface area (Å²) in [5, 5.41) is 6.03. The molecule has 0 bridgehead atoms. The standard InChI is InChI=1S/C10H12N2O/c1-7(13)9-5-3-4-8-6-11-12(2)10(8)9/h3-6,8,10H,1-2H3. The zero-order valence-electron chi connectivity index (χ0n) is 7.77. The molecule has 68 valence electrons. The first-order valence-corrected chi connectivity index (χ1v) is 4.36. The van der Waals surface area contributed by atoms with Gasteiger partial charge < -0.3 is 0 Å². The van der Waals surface area contributed by atoms with Crippen molar-refractivity contribution in [1.29, 1.82) is 0 Å². The molecule has 2 aliphatic rings. The molecule has 0 N–H and O–H groups in total. The molecule has 1 aliphatic carbocycles. The van der Waals surface area contributed by atoms with Crippen LogP contribution in [0.4, 0.5) is 0 Å². The van der Waals surface area contributed by atoms with Gasteiger partial charge in [-0.15, -0.1) is 0 Å². The monoisotopic (exact) mass is 176 g/mol. The van der Waals surface area contributed by atoms with Crippen molar-refractivity contribution in [3.63, 3.8) is 0 Å². The van der Waals surface area contributed by atoms with Crippen molar-refractivity contribution in [1.82, 2.24) is 5.01 Å². The van der Waals surface area contributed by atoms with Gasteiger partial charge in [-0.3, -0.25) is 9.80 Å². The van der Waals surface area contributed by atoms with Crippen molar-refractivity contribution < 1.29 is 4.79 Å². The molecule has 0 aromatic heterocycles. The molecule has 0 spiro atoms. The summed E-state index contributed by atoms with van der Waals surface area (Å²) in [5.41, 5.74) is 0.854. The smallest absolute Gasteiger partial charge is 0.157 e. The summed E-state index contributed by atoms with van der Waals surface area (Å²) >= 11 is 0. The highest BCUT2D eigenvalue weighted by Gasteiger charge is 2.33. The molecule has 0 amide bonds. The third-order valence-corrected chi connectivity index (χ3v) is 2.52. The maximum Gasteiger partial charge on any atom is 0.157 e. The van der Waals surface area contributed by atoms with Crippen LogP contribution in [0.3, 0.4) is 0 Å². The fourth-order valence-electron chi connectivity index (χ4n) is 1.86. The fourth-order valence-corrected chi connectivity index (χ4v) is 1.86. The van der Waals surface area contributed by atoms with Crippen LogP contribution in [0.15, 0.2) is 28.9 Å². The topological polar surface area (TPSA) is 32.7 Å². The number of nitrogens with zero attached hydrogens (tertiary/aromatic N) is 2. The lowest BCUT2D eigenvalue weighted by Crippen LogP contribution is -2.34. The van der Waals surface area contributed by atoms with Gasteiger partial charge in [0, 0.05) is 24.8 Å². The van der Waals surface area contributed by atoms with Crippen molar-refractivity contribution >= 4 is 12.0 Å². The number of hydrogen-bond donors (Lipinski definition) is 0. The van der Waals surface area contributed by atoms with E-state index in [4.69, 9.17) is 0 Å². The number of fused-ring (bicyclic) bond motifs is 1. The van der Waals surface area contributed by atoms with E-state index >= 15 is 0 Å². The van der Waals surface area contributed by atoms with Crippen LogP contribution in [0.25, 0.3) is 0 Å². The third kappa shape index (κ3) is 1.20. The summed E-state index contributed by atoms with van der Waals surface area (Å²) in [7, 11) is 1.90. The van der Waals surface area contributed by atoms with Gasteiger partial charge in [0.15, 0.2) is 5.78 Å². The van der Waals surface area contributed by atoms with Crippen molar-refractivity contribution in [2.24, 2.45) is 11.0 Å². The fraction of sp³-hybridized carbons (Fsp3) is 0.400. The predicted molar refractivity (Wildman–Crippen MR) is 51.4 cm³/mol. The normalized spacial score (nSPS) is 30.3. The molecule has 0 saturated carbocycles. The molecule has 2 atom stereocenters. The Balaban J connectivity index is 2.34. The molecule has 1 heterocycles. The van der Waals surface area contributed by atoms with Crippen molar-refractivity contribution in [3.8, 4) is 0 Å². The van der Waals surface area contributed by atoms with Gasteiger partial charge in [0.25, 0.3) is 0 Å². The number of carbonyl (C=O) groups is 1. The van der Waals surface area contributed by atoms with E-state index in [-0.39, 0.29) is 17.7 Å². The third-order valence-electron chi connectivity index (χ3n) is 2.52. The molecule has 0 saturated heterocycles. The van der Waals surface area contributed by atoms with E-state index in [0.29, 0.717) is 0 Å². The van der Waals surface area contributed by atoms with Crippen molar-refractivity contribution in [2.45, 2.75) is 13.0 Å². The Morgan fingerprint density at radius 1 is 1.62 bits per heavy atom. The largest absolute Gasteiger partial charge is 0.295 e. The lowest BCUT2D eigenvalue weighted by atomic mass is 9.88. The first-order chi connectivity index (χ1) is 6.20. The summed E-state index contributed by atoms with van der Waals surface area (Å²) in [5.74, 6) is 0.408. The summed E-state index contributed by atoms with van der Waals surface area (Å²) in [4.78, 5) is 11.3. The van der Waals surface area contributed by atoms with Gasteiger partial charge in [0.05, 0.1) is 6.04 Å². The van der Waals surface area contributed by atoms with Crippen LogP contribution in [-0.4, -0.2) is 30.1 Å². The van der Waals surface area contributed by atoms with Crippen LogP contribution in [0.5, 0.6) is 0 Å². The quantitative estimate of drug-likeness (QED) is 0.596. The minimum atomic E-state index is 0.127. The van der Waals surface area contributed by atoms with Crippen LogP contribution in [0.1, 0.15) is 6.92 Å². The Labute approximate surface area is 77.4 Å². The number of carbonyl (C=O) groups excluding carboxylic acids is 1. The van der Waals surface area contributed by atoms with Gasteiger partial charge in [0.1, 0.15) is 0 Å². The van der Waals surface area contributed by atoms with Gasteiger partial charge in [-0.2, -0.15) is 5.10 Å². The first kappa shape index (κ1) is 8.23. The second kappa shape index (κ2) is 2.83. The van der Waals surface area contributed by atoms with Gasteiger partial charge >= 0.3 is 0 Å². The Kier molecular flexibility index (Phi) is 1.79. The SMILES string of the molecule is CC(=O)C1=CC=CC2C=NN(C)C12. The van der Waals surface area contributed by atoms with E-state index in [1.54, 1.807) is 6.92 Å². The number of likely N-dealkylation sites (N-methyl/N-ethyl adjacent to an activating group) is 1. The van der Waals surface area contributed by atoms with E-state index < -0.39 is 0 Å². The average molecular weight is 176 g/mol. The second-order valence-electron chi connectivity index (χ2n) is 3.42. The molecule has 0 aromatic rings. The molecular formula is C10H12N2O. The van der Waals surface area contributed by atoms with Crippen LogP contribution in [0, 0.1) is 5.92 Å². The molecule has 2 rings (SSSR count). The number of allylic oxidation sites excluding steroid dienone is 2. The molecule has 0 aromatic carbocycles. The maximum atomic E-state index is 11.3. The lowest BCUT2D eigenvalue weighted by Gasteiger charge is -2.26. The molecule has 2 unspecified atom stereocenters. The minimum Gasteiger partial charge on any atom is -0.295 e. The van der Waals surface area contributed by atoms with E-state index in [0.717, 1.165) is 5.57 Å². The Morgan fingerprint density at radius 3 is 3.08 bits per heavy atom. The van der Waals surface area contributed by atoms with Gasteiger partial charge in [-0.25, -0.2) is 0 Å². The van der Waals surface area contributed by atoms with Gasteiger partial charge in [0.2, 0.25) is 0 Å². The Bertz CT molecular complexity index is 328. The molecular weight excluding hydrogens is 164 g/mol. The number of ketones is 1. The highest BCUT2D eigenvalue weighted by molar-refractivity contribution is 5.96. The first-order valence-electron chi connectivity index (χ1n) is 4.36. The second-order valence-corrected chi connectivity index (χ2v) is 3.42. The lowest BCUT2D eigenvalue weighted by molar-refractivity contribution is -0.114. The molecule has 3 nitrogen and oxygen atoms in total. The molecule has 0 fully saturated rings. The highest BCUT2D eigenvalue weighted by Crippen LogP contribution is 2.27. The van der Waals surface area contributed by atoms with Crippen LogP contribution < -0.4 is 0 Å². The van der Waals surface area contributed by atoms with Gasteiger partial charge in [-0.1, -0.05) is 18.2 Å². The van der Waals surface area contributed by atoms with Crippen molar-refractivity contribution in [2.75, 3.05) is 7.05 Å².